The number of hydrogen-bond acceptors (Lipinski definition) is 4. The van der Waals surface area contributed by atoms with E-state index in [1.807, 2.05) is 6.07 Å². The fraction of sp³-hybridized carbons (Fsp3) is 0.875. The first-order chi connectivity index (χ1) is 14.8. The number of likely N-dealkylation sites (tertiary alicyclic amines) is 1. The van der Waals surface area contributed by atoms with Gasteiger partial charge in [-0.1, -0.05) is 32.6 Å². The van der Waals surface area contributed by atoms with Crippen molar-refractivity contribution in [3.05, 3.63) is 0 Å². The van der Waals surface area contributed by atoms with Gasteiger partial charge in [-0.3, -0.25) is 9.59 Å². The van der Waals surface area contributed by atoms with Gasteiger partial charge in [-0.25, -0.2) is 4.39 Å². The monoisotopic (exact) mass is 434 g/mol. The molecule has 0 radical (unpaired) electrons. The van der Waals surface area contributed by atoms with Gasteiger partial charge in [-0.05, 0) is 51.9 Å². The molecule has 1 unspecified atom stereocenters. The van der Waals surface area contributed by atoms with Crippen molar-refractivity contribution in [2.45, 2.75) is 115 Å². The molecular formula is C24H39FN4O2. The molecule has 4 fully saturated rings. The lowest BCUT2D eigenvalue weighted by Crippen LogP contribution is -2.60. The van der Waals surface area contributed by atoms with E-state index in [4.69, 9.17) is 5.26 Å². The molecule has 2 N–H and O–H groups in total. The molecule has 0 aromatic rings. The zero-order chi connectivity index (χ0) is 22.5. The van der Waals surface area contributed by atoms with Crippen molar-refractivity contribution < 1.29 is 14.0 Å². The van der Waals surface area contributed by atoms with Gasteiger partial charge >= 0.3 is 0 Å². The van der Waals surface area contributed by atoms with Crippen LogP contribution in [-0.4, -0.2) is 53.6 Å². The van der Waals surface area contributed by atoms with Gasteiger partial charge in [0.05, 0.1) is 19.2 Å². The lowest BCUT2D eigenvalue weighted by molar-refractivity contribution is -0.140. The standard InChI is InChI=1S/C24H39FN4O2/c1-3-4-5-6-7-18(2)28-22(31)23-8-11-24(12-9-23,13-10-23)27-16-21(30)29-17-19(25)14-20(29)15-26/h18-20,27H,3-14,16-17H2,1-2H3,(H,28,31)/t18-,19+,20?,23?,24?/m1/s1. The molecule has 3 atom stereocenters. The summed E-state index contributed by atoms with van der Waals surface area (Å²) < 4.78 is 13.6. The summed E-state index contributed by atoms with van der Waals surface area (Å²) >= 11 is 0. The number of fused-ring (bicyclic) bond motifs is 3. The number of amides is 2. The number of nitriles is 1. The van der Waals surface area contributed by atoms with Gasteiger partial charge in [0.2, 0.25) is 11.8 Å². The van der Waals surface area contributed by atoms with Crippen LogP contribution in [0.4, 0.5) is 4.39 Å². The minimum absolute atomic E-state index is 0.0195. The summed E-state index contributed by atoms with van der Waals surface area (Å²) in [4.78, 5) is 27.0. The maximum absolute atomic E-state index is 13.6. The van der Waals surface area contributed by atoms with Crippen molar-refractivity contribution >= 4 is 11.8 Å². The third-order valence-electron chi connectivity index (χ3n) is 7.93. The van der Waals surface area contributed by atoms with Gasteiger partial charge < -0.3 is 15.5 Å². The van der Waals surface area contributed by atoms with Crippen LogP contribution in [0.25, 0.3) is 0 Å². The summed E-state index contributed by atoms with van der Waals surface area (Å²) in [5.41, 5.74) is -0.367. The Morgan fingerprint density at radius 2 is 1.84 bits per heavy atom. The molecule has 2 amide bonds. The first-order valence-electron chi connectivity index (χ1n) is 12.2. The molecule has 1 heterocycles. The van der Waals surface area contributed by atoms with Crippen LogP contribution in [0, 0.1) is 16.7 Å². The van der Waals surface area contributed by atoms with Crippen molar-refractivity contribution in [2.75, 3.05) is 13.1 Å². The van der Waals surface area contributed by atoms with Gasteiger partial charge in [0.1, 0.15) is 12.2 Å². The van der Waals surface area contributed by atoms with Crippen LogP contribution in [0.15, 0.2) is 0 Å². The van der Waals surface area contributed by atoms with E-state index in [9.17, 15) is 14.0 Å². The van der Waals surface area contributed by atoms with Crippen molar-refractivity contribution in [2.24, 2.45) is 5.41 Å². The van der Waals surface area contributed by atoms with E-state index in [2.05, 4.69) is 24.5 Å². The molecule has 1 saturated heterocycles. The van der Waals surface area contributed by atoms with E-state index < -0.39 is 12.2 Å². The molecule has 2 bridgehead atoms. The topological polar surface area (TPSA) is 85.2 Å². The van der Waals surface area contributed by atoms with Gasteiger partial charge in [0.25, 0.3) is 0 Å². The zero-order valence-corrected chi connectivity index (χ0v) is 19.2. The zero-order valence-electron chi connectivity index (χ0n) is 19.2. The van der Waals surface area contributed by atoms with E-state index >= 15 is 0 Å². The number of carbonyl (C=O) groups excluding carboxylic acids is 2. The summed E-state index contributed by atoms with van der Waals surface area (Å²) in [6.07, 6.45) is 10.1. The number of unbranched alkanes of at least 4 members (excludes halogenated alkanes) is 3. The lowest BCUT2D eigenvalue weighted by atomic mass is 9.57. The molecule has 0 aromatic carbocycles. The Labute approximate surface area is 186 Å². The Hall–Kier alpha value is -1.68. The third kappa shape index (κ3) is 5.58. The molecule has 7 heteroatoms. The highest BCUT2D eigenvalue weighted by Crippen LogP contribution is 2.52. The van der Waals surface area contributed by atoms with Crippen LogP contribution in [0.2, 0.25) is 0 Å². The van der Waals surface area contributed by atoms with E-state index in [1.165, 1.54) is 24.2 Å². The molecule has 31 heavy (non-hydrogen) atoms. The number of rotatable bonds is 10. The van der Waals surface area contributed by atoms with Crippen LogP contribution in [0.3, 0.4) is 0 Å². The molecule has 3 aliphatic carbocycles. The minimum atomic E-state index is -1.11. The Bertz CT molecular complexity index is 667. The van der Waals surface area contributed by atoms with Crippen LogP contribution in [-0.2, 0) is 9.59 Å². The van der Waals surface area contributed by atoms with Crippen LogP contribution in [0.5, 0.6) is 0 Å². The molecule has 0 aromatic heterocycles. The average Bonchev–Trinajstić information content (AvgIpc) is 3.17. The molecule has 174 valence electrons. The van der Waals surface area contributed by atoms with E-state index in [-0.39, 0.29) is 48.3 Å². The summed E-state index contributed by atoms with van der Waals surface area (Å²) in [6, 6.07) is 1.60. The minimum Gasteiger partial charge on any atom is -0.353 e. The van der Waals surface area contributed by atoms with Crippen LogP contribution in [0.1, 0.15) is 90.9 Å². The summed E-state index contributed by atoms with van der Waals surface area (Å²) in [5, 5.41) is 15.9. The lowest BCUT2D eigenvalue weighted by Gasteiger charge is -2.53. The van der Waals surface area contributed by atoms with Gasteiger partial charge in [-0.2, -0.15) is 5.26 Å². The highest BCUT2D eigenvalue weighted by Gasteiger charge is 2.52. The van der Waals surface area contributed by atoms with Crippen molar-refractivity contribution in [1.82, 2.24) is 15.5 Å². The average molecular weight is 435 g/mol. The summed E-state index contributed by atoms with van der Waals surface area (Å²) in [5.74, 6) is 0.0147. The Morgan fingerprint density at radius 1 is 1.16 bits per heavy atom. The number of carbonyl (C=O) groups is 2. The highest BCUT2D eigenvalue weighted by molar-refractivity contribution is 5.83. The summed E-state index contributed by atoms with van der Waals surface area (Å²) in [7, 11) is 0. The second-order valence-electron chi connectivity index (χ2n) is 10.2. The normalized spacial score (nSPS) is 33.2. The largest absolute Gasteiger partial charge is 0.353 e. The van der Waals surface area contributed by atoms with Crippen molar-refractivity contribution in [3.8, 4) is 6.07 Å². The predicted octanol–water partition coefficient (Wildman–Crippen LogP) is 3.61. The number of nitrogens with one attached hydrogen (secondary N) is 2. The first-order valence-corrected chi connectivity index (χ1v) is 12.2. The van der Waals surface area contributed by atoms with E-state index in [0.717, 1.165) is 51.4 Å². The Balaban J connectivity index is 1.45. The quantitative estimate of drug-likeness (QED) is 0.515. The summed E-state index contributed by atoms with van der Waals surface area (Å²) in [6.45, 7) is 4.47. The molecule has 6 nitrogen and oxygen atoms in total. The predicted molar refractivity (Wildman–Crippen MR) is 118 cm³/mol. The second-order valence-corrected chi connectivity index (χ2v) is 10.2. The Kier molecular flexibility index (Phi) is 7.96. The molecule has 3 saturated carbocycles. The highest BCUT2D eigenvalue weighted by atomic mass is 19.1. The van der Waals surface area contributed by atoms with Gasteiger partial charge in [-0.15, -0.1) is 0 Å². The van der Waals surface area contributed by atoms with Crippen molar-refractivity contribution in [3.63, 3.8) is 0 Å². The van der Waals surface area contributed by atoms with Crippen LogP contribution >= 0.6 is 0 Å². The SMILES string of the molecule is CCCCCC[C@@H](C)NC(=O)C12CCC(NCC(=O)N3C[C@@H](F)CC3C#N)(CC1)CC2. The first kappa shape index (κ1) is 24.0. The number of alkyl halides is 1. The van der Waals surface area contributed by atoms with Crippen molar-refractivity contribution in [1.29, 1.82) is 5.26 Å². The molecule has 0 spiro atoms. The number of halogens is 1. The number of hydrogen-bond donors (Lipinski definition) is 2. The molecule has 4 aliphatic rings. The van der Waals surface area contributed by atoms with Gasteiger partial charge in [0, 0.05) is 23.4 Å². The molecular weight excluding hydrogens is 395 g/mol. The third-order valence-corrected chi connectivity index (χ3v) is 7.93. The van der Waals surface area contributed by atoms with E-state index in [1.54, 1.807) is 0 Å². The molecule has 1 aliphatic heterocycles. The van der Waals surface area contributed by atoms with Gasteiger partial charge in [0.15, 0.2) is 0 Å². The Morgan fingerprint density at radius 3 is 2.45 bits per heavy atom. The fourth-order valence-corrected chi connectivity index (χ4v) is 5.67. The smallest absolute Gasteiger partial charge is 0.237 e. The number of nitrogens with zero attached hydrogens (tertiary/aromatic N) is 2. The maximum Gasteiger partial charge on any atom is 0.237 e. The fourth-order valence-electron chi connectivity index (χ4n) is 5.67. The second kappa shape index (κ2) is 10.3. The van der Waals surface area contributed by atoms with Crippen LogP contribution < -0.4 is 10.6 Å². The van der Waals surface area contributed by atoms with E-state index in [0.29, 0.717) is 0 Å². The maximum atomic E-state index is 13.6. The molecule has 4 rings (SSSR count).